The second-order valence-corrected chi connectivity index (χ2v) is 13.7. The lowest BCUT2D eigenvalue weighted by Crippen LogP contribution is -2.68. The van der Waals surface area contributed by atoms with Gasteiger partial charge in [-0.05, 0) is 30.4 Å². The van der Waals surface area contributed by atoms with Gasteiger partial charge in [-0.15, -0.1) is 0 Å². The van der Waals surface area contributed by atoms with Crippen LogP contribution >= 0.6 is 0 Å². The van der Waals surface area contributed by atoms with E-state index >= 15 is 0 Å². The van der Waals surface area contributed by atoms with Crippen molar-refractivity contribution in [3.63, 3.8) is 0 Å². The molecule has 2 aliphatic carbocycles. The highest BCUT2D eigenvalue weighted by molar-refractivity contribution is 5.98. The predicted octanol–water partition coefficient (Wildman–Crippen LogP) is 3.83. The molecule has 0 bridgehead atoms. The van der Waals surface area contributed by atoms with Crippen molar-refractivity contribution in [2.75, 3.05) is 7.11 Å². The number of aliphatic hydroxyl groups is 1. The monoisotopic (exact) mass is 644 g/mol. The minimum atomic E-state index is -2.69. The minimum Gasteiger partial charge on any atom is -0.472 e. The fourth-order valence-corrected chi connectivity index (χ4v) is 7.61. The van der Waals surface area contributed by atoms with Crippen molar-refractivity contribution in [1.82, 2.24) is 0 Å². The van der Waals surface area contributed by atoms with Crippen LogP contribution in [0.4, 0.5) is 0 Å². The smallest absolute Gasteiger partial charge is 0.331 e. The van der Waals surface area contributed by atoms with Gasteiger partial charge in [-0.2, -0.15) is 0 Å². The molecule has 0 amide bonds. The highest BCUT2D eigenvalue weighted by atomic mass is 16.6. The van der Waals surface area contributed by atoms with Crippen LogP contribution in [0.2, 0.25) is 0 Å². The van der Waals surface area contributed by atoms with E-state index in [1.54, 1.807) is 47.6 Å². The summed E-state index contributed by atoms with van der Waals surface area (Å²) in [4.78, 5) is 80.2. The summed E-state index contributed by atoms with van der Waals surface area (Å²) in [7, 11) is 1.23. The third-order valence-electron chi connectivity index (χ3n) is 10.5. The summed E-state index contributed by atoms with van der Waals surface area (Å²) >= 11 is 0. The predicted molar refractivity (Wildman–Crippen MR) is 159 cm³/mol. The molecular weight excluding hydrogens is 600 g/mol. The number of ketones is 2. The van der Waals surface area contributed by atoms with Crippen molar-refractivity contribution in [3.05, 3.63) is 35.8 Å². The third kappa shape index (κ3) is 5.80. The van der Waals surface area contributed by atoms with Gasteiger partial charge in [0.25, 0.3) is 0 Å². The van der Waals surface area contributed by atoms with Crippen molar-refractivity contribution in [2.24, 2.45) is 34.5 Å². The lowest BCUT2D eigenvalue weighted by molar-refractivity contribution is -0.210. The van der Waals surface area contributed by atoms with Crippen LogP contribution < -0.4 is 0 Å². The number of hydrogen-bond acceptors (Lipinski definition) is 12. The fourth-order valence-electron chi connectivity index (χ4n) is 7.61. The van der Waals surface area contributed by atoms with Crippen LogP contribution in [0, 0.1) is 34.5 Å². The summed E-state index contributed by atoms with van der Waals surface area (Å²) in [6.07, 6.45) is -0.230. The maximum atomic E-state index is 14.5. The summed E-state index contributed by atoms with van der Waals surface area (Å²) in [5.41, 5.74) is -4.60. The third-order valence-corrected chi connectivity index (χ3v) is 10.5. The number of esters is 4. The van der Waals surface area contributed by atoms with Gasteiger partial charge >= 0.3 is 23.9 Å². The largest absolute Gasteiger partial charge is 0.472 e. The molecule has 1 aromatic rings. The Labute approximate surface area is 268 Å². The van der Waals surface area contributed by atoms with Crippen molar-refractivity contribution < 1.29 is 57.2 Å². The lowest BCUT2D eigenvalue weighted by atomic mass is 9.52. The molecule has 1 N–H and O–H groups in total. The Kier molecular flexibility index (Phi) is 9.74. The summed E-state index contributed by atoms with van der Waals surface area (Å²) in [6, 6.07) is 1.60. The number of Topliss-reactive ketones (excluding diaryl/α,β-unsaturated/α-hetero) is 2. The first-order valence-corrected chi connectivity index (χ1v) is 15.6. The standard InChI is InChI=1S/C34H44O12/c1-9-17(2)31(40)46-29-26(27(39)18(3)21(32(29,5)6)14-24(37)42-8)30(44-19(4)35)34(41)22-15-25(38)45-28(20-11-13-43-16-20)33(22,7)12-10-23(34)36/h11,13,15-18,21,26,28-30,41H,9-10,12,14H2,1-8H3/t17?,18-,21-,26-,28+,29-,30-,33-,34+/m1/s1. The molecule has 2 heterocycles. The molecule has 0 aromatic carbocycles. The van der Waals surface area contributed by atoms with Crippen LogP contribution in [0.1, 0.15) is 85.8 Å². The molecule has 46 heavy (non-hydrogen) atoms. The number of ether oxygens (including phenoxy) is 4. The SMILES string of the molecule is CCC(C)C(=O)O[C@@H]1[C@H]([C@@H](OC(C)=O)[C@@]2(O)C(=O)CC[C@]3(C)C2=CC(=O)O[C@H]3c2ccoc2)C(=O)[C@H](C)[C@@H](CC(=O)OC)C1(C)C. The Morgan fingerprint density at radius 1 is 1.15 bits per heavy atom. The first-order valence-electron chi connectivity index (χ1n) is 15.6. The molecule has 0 spiro atoms. The van der Waals surface area contributed by atoms with E-state index in [-0.39, 0.29) is 24.8 Å². The Morgan fingerprint density at radius 2 is 1.83 bits per heavy atom. The first-order chi connectivity index (χ1) is 21.4. The van der Waals surface area contributed by atoms with Crippen LogP contribution in [0.3, 0.4) is 0 Å². The number of furan rings is 1. The molecular formula is C34H44O12. The lowest BCUT2D eigenvalue weighted by Gasteiger charge is -2.56. The van der Waals surface area contributed by atoms with Crippen molar-refractivity contribution in [1.29, 1.82) is 0 Å². The van der Waals surface area contributed by atoms with E-state index in [2.05, 4.69) is 0 Å². The second-order valence-electron chi connectivity index (χ2n) is 13.7. The molecule has 0 radical (unpaired) electrons. The number of rotatable bonds is 9. The molecule has 2 saturated carbocycles. The van der Waals surface area contributed by atoms with Crippen LogP contribution in [-0.4, -0.2) is 65.5 Å². The molecule has 12 heteroatoms. The van der Waals surface area contributed by atoms with Gasteiger partial charge in [0.1, 0.15) is 18.0 Å². The van der Waals surface area contributed by atoms with Crippen LogP contribution in [-0.2, 0) is 47.7 Å². The zero-order valence-corrected chi connectivity index (χ0v) is 27.6. The van der Waals surface area contributed by atoms with Gasteiger partial charge in [0.05, 0.1) is 31.5 Å². The molecule has 1 aromatic heterocycles. The van der Waals surface area contributed by atoms with Gasteiger partial charge in [-0.3, -0.25) is 24.0 Å². The maximum Gasteiger partial charge on any atom is 0.331 e. The Morgan fingerprint density at radius 3 is 2.39 bits per heavy atom. The van der Waals surface area contributed by atoms with E-state index < -0.39 is 93.9 Å². The van der Waals surface area contributed by atoms with Gasteiger partial charge in [-0.25, -0.2) is 4.79 Å². The van der Waals surface area contributed by atoms with Gasteiger partial charge in [-0.1, -0.05) is 41.5 Å². The molecule has 3 aliphatic rings. The number of hydrogen-bond donors (Lipinski definition) is 1. The quantitative estimate of drug-likeness (QED) is 0.305. The summed E-state index contributed by atoms with van der Waals surface area (Å²) in [5.74, 6) is -8.04. The summed E-state index contributed by atoms with van der Waals surface area (Å²) in [6.45, 7) is 11.3. The van der Waals surface area contributed by atoms with Crippen molar-refractivity contribution in [3.8, 4) is 0 Å². The van der Waals surface area contributed by atoms with E-state index in [0.29, 0.717) is 12.0 Å². The topological polar surface area (TPSA) is 173 Å². The van der Waals surface area contributed by atoms with Crippen molar-refractivity contribution >= 4 is 35.4 Å². The van der Waals surface area contributed by atoms with E-state index in [4.69, 9.17) is 23.4 Å². The minimum absolute atomic E-state index is 0.0769. The number of cyclic esters (lactones) is 1. The molecule has 1 aliphatic heterocycles. The number of methoxy groups -OCH3 is 1. The first kappa shape index (κ1) is 35.1. The average Bonchev–Trinajstić information content (AvgIpc) is 3.54. The summed E-state index contributed by atoms with van der Waals surface area (Å²) in [5, 5.41) is 12.7. The van der Waals surface area contributed by atoms with Crippen LogP contribution in [0.25, 0.3) is 0 Å². The highest BCUT2D eigenvalue weighted by Crippen LogP contribution is 2.59. The fraction of sp³-hybridized carbons (Fsp3) is 0.647. The molecule has 2 fully saturated rings. The molecule has 1 unspecified atom stereocenters. The molecule has 4 rings (SSSR count). The van der Waals surface area contributed by atoms with Crippen molar-refractivity contribution in [2.45, 2.75) is 98.1 Å². The van der Waals surface area contributed by atoms with E-state index in [1.807, 2.05) is 0 Å². The molecule has 0 saturated heterocycles. The normalized spacial score (nSPS) is 33.5. The van der Waals surface area contributed by atoms with Gasteiger partial charge in [0.2, 0.25) is 0 Å². The summed E-state index contributed by atoms with van der Waals surface area (Å²) < 4.78 is 27.7. The molecule has 252 valence electrons. The Bertz CT molecular complexity index is 1420. The van der Waals surface area contributed by atoms with E-state index in [9.17, 15) is 33.9 Å². The van der Waals surface area contributed by atoms with Gasteiger partial charge in [0.15, 0.2) is 17.5 Å². The number of fused-ring (bicyclic) bond motifs is 1. The highest BCUT2D eigenvalue weighted by Gasteiger charge is 2.68. The average molecular weight is 645 g/mol. The molecule has 9 atom stereocenters. The van der Waals surface area contributed by atoms with Crippen LogP contribution in [0.15, 0.2) is 34.7 Å². The zero-order valence-electron chi connectivity index (χ0n) is 27.6. The van der Waals surface area contributed by atoms with Gasteiger partial charge < -0.3 is 28.5 Å². The van der Waals surface area contributed by atoms with E-state index in [0.717, 1.165) is 13.0 Å². The van der Waals surface area contributed by atoms with Gasteiger partial charge in [0, 0.05) is 48.2 Å². The number of carbonyl (C=O) groups excluding carboxylic acids is 6. The Hall–Kier alpha value is -3.80. The van der Waals surface area contributed by atoms with E-state index in [1.165, 1.54) is 19.6 Å². The zero-order chi connectivity index (χ0) is 34.4. The Balaban J connectivity index is 1.95. The second kappa shape index (κ2) is 12.8. The van der Waals surface area contributed by atoms with Crippen LogP contribution in [0.5, 0.6) is 0 Å². The molecule has 12 nitrogen and oxygen atoms in total. The maximum absolute atomic E-state index is 14.5. The number of carbonyl (C=O) groups is 6.